The number of carbonyl (C=O) groups excluding carboxylic acids is 1. The lowest BCUT2D eigenvalue weighted by Gasteiger charge is -2.21. The third kappa shape index (κ3) is 3.70. The van der Waals surface area contributed by atoms with Gasteiger partial charge < -0.3 is 10.6 Å². The topological polar surface area (TPSA) is 49.6 Å². The Kier molecular flexibility index (Phi) is 5.59. The fourth-order valence-corrected chi connectivity index (χ4v) is 2.10. The third-order valence-electron chi connectivity index (χ3n) is 3.19. The molecule has 0 radical (unpaired) electrons. The van der Waals surface area contributed by atoms with Crippen molar-refractivity contribution in [3.05, 3.63) is 30.3 Å². The zero-order chi connectivity index (χ0) is 12.3. The Labute approximate surface area is 114 Å². The molecule has 1 aromatic carbocycles. The molecule has 2 N–H and O–H groups in total. The molecule has 4 nitrogen and oxygen atoms in total. The van der Waals surface area contributed by atoms with Crippen molar-refractivity contribution < 1.29 is 4.79 Å². The summed E-state index contributed by atoms with van der Waals surface area (Å²) >= 11 is 0. The maximum Gasteiger partial charge on any atom is 0.240 e. The fourth-order valence-electron chi connectivity index (χ4n) is 2.10. The molecule has 0 aromatic heterocycles. The Morgan fingerprint density at radius 2 is 2.11 bits per heavy atom. The van der Waals surface area contributed by atoms with Crippen LogP contribution in [-0.4, -0.2) is 43.5 Å². The second-order valence-corrected chi connectivity index (χ2v) is 4.57. The molecule has 1 fully saturated rings. The van der Waals surface area contributed by atoms with E-state index in [4.69, 9.17) is 5.73 Å². The smallest absolute Gasteiger partial charge is 0.240 e. The summed E-state index contributed by atoms with van der Waals surface area (Å²) in [4.78, 5) is 15.9. The molecule has 1 aliphatic rings. The number of nitrogens with zero attached hydrogens (tertiary/aromatic N) is 2. The van der Waals surface area contributed by atoms with Crippen LogP contribution in [0, 0.1) is 0 Å². The molecule has 0 saturated carbocycles. The summed E-state index contributed by atoms with van der Waals surface area (Å²) in [5.74, 6) is 0.116. The predicted octanol–water partition coefficient (Wildman–Crippen LogP) is 1.10. The monoisotopic (exact) mass is 269 g/mol. The molecule has 1 saturated heterocycles. The minimum Gasteiger partial charge on any atom is -0.326 e. The molecule has 1 aromatic rings. The average Bonchev–Trinajstić information content (AvgIpc) is 2.75. The van der Waals surface area contributed by atoms with Gasteiger partial charge in [0.2, 0.25) is 5.91 Å². The molecule has 5 heteroatoms. The van der Waals surface area contributed by atoms with Crippen molar-refractivity contribution in [1.29, 1.82) is 0 Å². The Hall–Kier alpha value is -1.10. The van der Waals surface area contributed by atoms with Crippen molar-refractivity contribution in [3.63, 3.8) is 0 Å². The van der Waals surface area contributed by atoms with Crippen LogP contribution in [0.25, 0.3) is 0 Å². The average molecular weight is 270 g/mol. The fraction of sp³-hybridized carbons (Fsp3) is 0.462. The van der Waals surface area contributed by atoms with Gasteiger partial charge in [0.05, 0.1) is 6.54 Å². The summed E-state index contributed by atoms with van der Waals surface area (Å²) in [6.07, 6.45) is 0.988. The van der Waals surface area contributed by atoms with Crippen LogP contribution in [0.5, 0.6) is 0 Å². The van der Waals surface area contributed by atoms with Gasteiger partial charge in [0.1, 0.15) is 0 Å². The summed E-state index contributed by atoms with van der Waals surface area (Å²) in [6, 6.07) is 9.92. The number of hydrogen-bond acceptors (Lipinski definition) is 3. The highest BCUT2D eigenvalue weighted by Gasteiger charge is 2.22. The van der Waals surface area contributed by atoms with Crippen LogP contribution >= 0.6 is 12.4 Å². The largest absolute Gasteiger partial charge is 0.326 e. The minimum atomic E-state index is 0. The molecule has 1 atom stereocenters. The van der Waals surface area contributed by atoms with Crippen LogP contribution in [0.2, 0.25) is 0 Å². The van der Waals surface area contributed by atoms with Gasteiger partial charge in [-0.15, -0.1) is 12.4 Å². The molecular formula is C13H20ClN3O. The second kappa shape index (κ2) is 6.73. The first kappa shape index (κ1) is 15.0. The zero-order valence-electron chi connectivity index (χ0n) is 10.6. The van der Waals surface area contributed by atoms with Crippen LogP contribution in [-0.2, 0) is 4.79 Å². The van der Waals surface area contributed by atoms with Gasteiger partial charge in [-0.05, 0) is 18.6 Å². The number of anilines is 1. The third-order valence-corrected chi connectivity index (χ3v) is 3.19. The van der Waals surface area contributed by atoms with E-state index >= 15 is 0 Å². The number of likely N-dealkylation sites (N-methyl/N-ethyl adjacent to an activating group) is 1. The van der Waals surface area contributed by atoms with E-state index in [-0.39, 0.29) is 24.4 Å². The van der Waals surface area contributed by atoms with Gasteiger partial charge in [-0.25, -0.2) is 0 Å². The SMILES string of the molecule is CN(C(=O)CN1CC[C@@H](N)C1)c1ccccc1.Cl. The molecule has 18 heavy (non-hydrogen) atoms. The quantitative estimate of drug-likeness (QED) is 0.894. The van der Waals surface area contributed by atoms with Crippen LogP contribution in [0.15, 0.2) is 30.3 Å². The Balaban J connectivity index is 0.00000162. The van der Waals surface area contributed by atoms with Crippen molar-refractivity contribution in [2.45, 2.75) is 12.5 Å². The van der Waals surface area contributed by atoms with E-state index in [2.05, 4.69) is 4.90 Å². The lowest BCUT2D eigenvalue weighted by molar-refractivity contribution is -0.119. The van der Waals surface area contributed by atoms with Crippen molar-refractivity contribution in [3.8, 4) is 0 Å². The van der Waals surface area contributed by atoms with Crippen LogP contribution < -0.4 is 10.6 Å². The summed E-state index contributed by atoms with van der Waals surface area (Å²) in [5.41, 5.74) is 6.75. The van der Waals surface area contributed by atoms with Gasteiger partial charge in [-0.3, -0.25) is 9.69 Å². The van der Waals surface area contributed by atoms with Crippen molar-refractivity contribution >= 4 is 24.0 Å². The highest BCUT2D eigenvalue weighted by atomic mass is 35.5. The summed E-state index contributed by atoms with van der Waals surface area (Å²) < 4.78 is 0. The first-order valence-electron chi connectivity index (χ1n) is 5.96. The number of likely N-dealkylation sites (tertiary alicyclic amines) is 1. The van der Waals surface area contributed by atoms with E-state index in [9.17, 15) is 4.79 Å². The van der Waals surface area contributed by atoms with Crippen LogP contribution in [0.1, 0.15) is 6.42 Å². The summed E-state index contributed by atoms with van der Waals surface area (Å²) in [6.45, 7) is 2.21. The second-order valence-electron chi connectivity index (χ2n) is 4.57. The number of benzene rings is 1. The molecule has 1 aliphatic heterocycles. The number of rotatable bonds is 3. The van der Waals surface area contributed by atoms with E-state index in [1.165, 1.54) is 0 Å². The van der Waals surface area contributed by atoms with E-state index < -0.39 is 0 Å². The van der Waals surface area contributed by atoms with Gasteiger partial charge in [0, 0.05) is 31.9 Å². The molecule has 1 amide bonds. The van der Waals surface area contributed by atoms with E-state index in [1.807, 2.05) is 37.4 Å². The number of carbonyl (C=O) groups is 1. The van der Waals surface area contributed by atoms with Gasteiger partial charge in [0.25, 0.3) is 0 Å². The summed E-state index contributed by atoms with van der Waals surface area (Å²) in [7, 11) is 1.81. The number of halogens is 1. The molecule has 0 aliphatic carbocycles. The van der Waals surface area contributed by atoms with Gasteiger partial charge >= 0.3 is 0 Å². The molecule has 0 spiro atoms. The normalized spacial score (nSPS) is 19.3. The van der Waals surface area contributed by atoms with Crippen molar-refractivity contribution in [2.75, 3.05) is 31.6 Å². The van der Waals surface area contributed by atoms with Crippen LogP contribution in [0.3, 0.4) is 0 Å². The number of para-hydroxylation sites is 1. The zero-order valence-corrected chi connectivity index (χ0v) is 11.4. The number of nitrogens with two attached hydrogens (primary N) is 1. The molecule has 0 bridgehead atoms. The lowest BCUT2D eigenvalue weighted by Crippen LogP contribution is -2.38. The van der Waals surface area contributed by atoms with Crippen molar-refractivity contribution in [1.82, 2.24) is 4.90 Å². The highest BCUT2D eigenvalue weighted by molar-refractivity contribution is 5.94. The Morgan fingerprint density at radius 3 is 2.67 bits per heavy atom. The van der Waals surface area contributed by atoms with E-state index in [1.54, 1.807) is 4.90 Å². The number of amides is 1. The van der Waals surface area contributed by atoms with Crippen molar-refractivity contribution in [2.24, 2.45) is 5.73 Å². The Morgan fingerprint density at radius 1 is 1.44 bits per heavy atom. The number of hydrogen-bond donors (Lipinski definition) is 1. The predicted molar refractivity (Wildman–Crippen MR) is 76.1 cm³/mol. The molecule has 100 valence electrons. The lowest BCUT2D eigenvalue weighted by atomic mass is 10.3. The van der Waals surface area contributed by atoms with Gasteiger partial charge in [0.15, 0.2) is 0 Å². The first-order valence-corrected chi connectivity index (χ1v) is 5.96. The van der Waals surface area contributed by atoms with Gasteiger partial charge in [-0.1, -0.05) is 18.2 Å². The van der Waals surface area contributed by atoms with E-state index in [0.29, 0.717) is 6.54 Å². The van der Waals surface area contributed by atoms with E-state index in [0.717, 1.165) is 25.2 Å². The highest BCUT2D eigenvalue weighted by Crippen LogP contribution is 2.13. The van der Waals surface area contributed by atoms with Gasteiger partial charge in [-0.2, -0.15) is 0 Å². The molecule has 0 unspecified atom stereocenters. The standard InChI is InChI=1S/C13H19N3O.ClH/c1-15(12-5-3-2-4-6-12)13(17)10-16-8-7-11(14)9-16;/h2-6,11H,7-10,14H2,1H3;1H/t11-;/m1./s1. The molecular weight excluding hydrogens is 250 g/mol. The maximum absolute atomic E-state index is 12.0. The maximum atomic E-state index is 12.0. The molecule has 2 rings (SSSR count). The Bertz CT molecular complexity index is 385. The first-order chi connectivity index (χ1) is 8.16. The minimum absolute atomic E-state index is 0. The molecule has 1 heterocycles. The summed E-state index contributed by atoms with van der Waals surface area (Å²) in [5, 5.41) is 0. The van der Waals surface area contributed by atoms with Crippen LogP contribution in [0.4, 0.5) is 5.69 Å².